The minimum atomic E-state index is -0.0673. The molecule has 1 amide bonds. The van der Waals surface area contributed by atoms with E-state index in [-0.39, 0.29) is 5.91 Å². The quantitative estimate of drug-likeness (QED) is 0.349. The zero-order chi connectivity index (χ0) is 23.3. The molecule has 5 rings (SSSR count). The first-order valence-electron chi connectivity index (χ1n) is 10.5. The maximum atomic E-state index is 13.8. The molecular formula is C26H22ClN3OS2. The number of rotatable bonds is 2. The summed E-state index contributed by atoms with van der Waals surface area (Å²) in [5.74, 6) is -0.0673. The second-order valence-electron chi connectivity index (χ2n) is 8.17. The third-order valence-corrected chi connectivity index (χ3v) is 8.23. The molecule has 0 aromatic heterocycles. The molecule has 1 saturated heterocycles. The molecule has 7 heteroatoms. The van der Waals surface area contributed by atoms with E-state index in [4.69, 9.17) is 16.6 Å². The minimum absolute atomic E-state index is 0.0673. The number of carbonyl (C=O) groups excluding carboxylic acids is 1. The van der Waals surface area contributed by atoms with Crippen LogP contribution in [0.4, 0.5) is 17.1 Å². The lowest BCUT2D eigenvalue weighted by Crippen LogP contribution is -2.29. The van der Waals surface area contributed by atoms with Crippen LogP contribution >= 0.6 is 35.1 Å². The van der Waals surface area contributed by atoms with E-state index in [0.29, 0.717) is 15.1 Å². The van der Waals surface area contributed by atoms with Crippen LogP contribution in [0.3, 0.4) is 0 Å². The van der Waals surface area contributed by atoms with Crippen LogP contribution in [0, 0.1) is 20.8 Å². The third kappa shape index (κ3) is 4.07. The van der Waals surface area contributed by atoms with Gasteiger partial charge in [-0.2, -0.15) is 0 Å². The molecule has 0 unspecified atom stereocenters. The van der Waals surface area contributed by atoms with Crippen molar-refractivity contribution in [3.05, 3.63) is 92.3 Å². The number of aliphatic imine (C=N–C) groups is 1. The lowest BCUT2D eigenvalue weighted by molar-refractivity contribution is -0.113. The monoisotopic (exact) mass is 491 g/mol. The van der Waals surface area contributed by atoms with Gasteiger partial charge in [-0.05, 0) is 80.1 Å². The smallest absolute Gasteiger partial charge is 0.274 e. The molecule has 2 aliphatic rings. The Hall–Kier alpha value is -2.67. The standard InChI is InChI=1S/C26H22ClN3OS2/c1-15-6-5-7-19(13-15)30-24(31)23(25-29(4)21-14-18(27)9-11-22(21)32-25)33-26(30)28-20-10-8-16(2)12-17(20)3/h5-14H,1-4H3. The van der Waals surface area contributed by atoms with E-state index in [1.807, 2.05) is 80.4 Å². The van der Waals surface area contributed by atoms with Crippen LogP contribution in [-0.2, 0) is 4.79 Å². The van der Waals surface area contributed by atoms with Crippen LogP contribution in [0.25, 0.3) is 0 Å². The van der Waals surface area contributed by atoms with Crippen molar-refractivity contribution in [1.29, 1.82) is 0 Å². The largest absolute Gasteiger partial charge is 0.337 e. The van der Waals surface area contributed by atoms with Crippen molar-refractivity contribution in [3.8, 4) is 0 Å². The van der Waals surface area contributed by atoms with Crippen LogP contribution in [0.1, 0.15) is 16.7 Å². The average molecular weight is 492 g/mol. The van der Waals surface area contributed by atoms with Gasteiger partial charge in [0.05, 0.1) is 22.1 Å². The molecule has 1 fully saturated rings. The molecule has 0 saturated carbocycles. The fourth-order valence-corrected chi connectivity index (χ4v) is 6.41. The molecule has 4 nitrogen and oxygen atoms in total. The highest BCUT2D eigenvalue weighted by Gasteiger charge is 2.40. The summed E-state index contributed by atoms with van der Waals surface area (Å²) < 4.78 is 0. The van der Waals surface area contributed by atoms with Gasteiger partial charge in [0.1, 0.15) is 4.91 Å². The molecule has 33 heavy (non-hydrogen) atoms. The van der Waals surface area contributed by atoms with E-state index in [0.717, 1.165) is 38.1 Å². The summed E-state index contributed by atoms with van der Waals surface area (Å²) in [4.78, 5) is 24.3. The first kappa shape index (κ1) is 22.1. The number of anilines is 2. The number of amidine groups is 1. The summed E-state index contributed by atoms with van der Waals surface area (Å²) in [5, 5.41) is 2.23. The van der Waals surface area contributed by atoms with Crippen molar-refractivity contribution in [2.75, 3.05) is 16.8 Å². The molecule has 0 aliphatic carbocycles. The second-order valence-corrected chi connectivity index (χ2v) is 10.6. The van der Waals surface area contributed by atoms with Crippen molar-refractivity contribution in [2.24, 2.45) is 4.99 Å². The predicted molar refractivity (Wildman–Crippen MR) is 142 cm³/mol. The second kappa shape index (κ2) is 8.60. The summed E-state index contributed by atoms with van der Waals surface area (Å²) in [6, 6.07) is 19.9. The summed E-state index contributed by atoms with van der Waals surface area (Å²) in [7, 11) is 1.97. The zero-order valence-electron chi connectivity index (χ0n) is 18.7. The number of fused-ring (bicyclic) bond motifs is 1. The number of aryl methyl sites for hydroxylation is 3. The van der Waals surface area contributed by atoms with Crippen LogP contribution in [0.5, 0.6) is 0 Å². The highest BCUT2D eigenvalue weighted by Crippen LogP contribution is 2.51. The van der Waals surface area contributed by atoms with Crippen molar-refractivity contribution >= 4 is 63.3 Å². The molecule has 3 aromatic rings. The fourth-order valence-electron chi connectivity index (χ4n) is 3.93. The number of nitrogens with zero attached hydrogens (tertiary/aromatic N) is 3. The van der Waals surface area contributed by atoms with E-state index >= 15 is 0 Å². The van der Waals surface area contributed by atoms with Crippen LogP contribution in [-0.4, -0.2) is 18.1 Å². The van der Waals surface area contributed by atoms with Crippen LogP contribution in [0.15, 0.2) is 80.5 Å². The maximum absolute atomic E-state index is 13.8. The Balaban J connectivity index is 1.63. The van der Waals surface area contributed by atoms with Gasteiger partial charge in [0, 0.05) is 17.0 Å². The number of halogens is 1. The van der Waals surface area contributed by atoms with E-state index in [1.54, 1.807) is 16.7 Å². The first-order chi connectivity index (χ1) is 15.8. The number of carbonyl (C=O) groups is 1. The normalized spacial score (nSPS) is 19.1. The van der Waals surface area contributed by atoms with Gasteiger partial charge in [0.25, 0.3) is 5.91 Å². The maximum Gasteiger partial charge on any atom is 0.274 e. The predicted octanol–water partition coefficient (Wildman–Crippen LogP) is 7.44. The van der Waals surface area contributed by atoms with Gasteiger partial charge in [-0.3, -0.25) is 9.69 Å². The molecule has 0 radical (unpaired) electrons. The summed E-state index contributed by atoms with van der Waals surface area (Å²) in [6.07, 6.45) is 0. The highest BCUT2D eigenvalue weighted by molar-refractivity contribution is 8.20. The van der Waals surface area contributed by atoms with Gasteiger partial charge in [0.15, 0.2) is 5.17 Å². The molecule has 2 heterocycles. The lowest BCUT2D eigenvalue weighted by Gasteiger charge is -2.17. The van der Waals surface area contributed by atoms with E-state index in [2.05, 4.69) is 13.0 Å². The van der Waals surface area contributed by atoms with Crippen LogP contribution in [0.2, 0.25) is 5.02 Å². The van der Waals surface area contributed by atoms with E-state index in [1.165, 1.54) is 17.3 Å². The average Bonchev–Trinajstić information content (AvgIpc) is 3.26. The molecule has 0 bridgehead atoms. The van der Waals surface area contributed by atoms with Gasteiger partial charge in [-0.1, -0.05) is 53.2 Å². The molecule has 0 atom stereocenters. The molecule has 0 spiro atoms. The van der Waals surface area contributed by atoms with E-state index < -0.39 is 0 Å². The lowest BCUT2D eigenvalue weighted by atomic mass is 10.1. The van der Waals surface area contributed by atoms with Gasteiger partial charge in [-0.15, -0.1) is 0 Å². The Morgan fingerprint density at radius 1 is 0.909 bits per heavy atom. The van der Waals surface area contributed by atoms with Crippen molar-refractivity contribution in [2.45, 2.75) is 25.7 Å². The van der Waals surface area contributed by atoms with Gasteiger partial charge >= 0.3 is 0 Å². The summed E-state index contributed by atoms with van der Waals surface area (Å²) >= 11 is 9.24. The molecule has 166 valence electrons. The summed E-state index contributed by atoms with van der Waals surface area (Å²) in [6.45, 7) is 6.14. The molecule has 0 N–H and O–H groups in total. The van der Waals surface area contributed by atoms with E-state index in [9.17, 15) is 4.79 Å². The third-order valence-electron chi connectivity index (χ3n) is 5.60. The molecule has 3 aromatic carbocycles. The fraction of sp³-hybridized carbons (Fsp3) is 0.154. The van der Waals surface area contributed by atoms with Gasteiger partial charge < -0.3 is 4.90 Å². The highest BCUT2D eigenvalue weighted by atomic mass is 35.5. The number of hydrogen-bond acceptors (Lipinski definition) is 5. The van der Waals surface area contributed by atoms with Crippen molar-refractivity contribution < 1.29 is 4.79 Å². The van der Waals surface area contributed by atoms with Crippen LogP contribution < -0.4 is 9.80 Å². The van der Waals surface area contributed by atoms with Gasteiger partial charge in [0.2, 0.25) is 0 Å². The number of thioether (sulfide) groups is 2. The van der Waals surface area contributed by atoms with Crippen molar-refractivity contribution in [1.82, 2.24) is 0 Å². The Kier molecular flexibility index (Phi) is 5.77. The molecule has 2 aliphatic heterocycles. The minimum Gasteiger partial charge on any atom is -0.337 e. The zero-order valence-corrected chi connectivity index (χ0v) is 21.1. The number of amides is 1. The number of hydrogen-bond donors (Lipinski definition) is 0. The Bertz CT molecular complexity index is 1370. The van der Waals surface area contributed by atoms with Crippen molar-refractivity contribution in [3.63, 3.8) is 0 Å². The Morgan fingerprint density at radius 3 is 2.45 bits per heavy atom. The molecular weight excluding hydrogens is 470 g/mol. The van der Waals surface area contributed by atoms with Gasteiger partial charge in [-0.25, -0.2) is 4.99 Å². The first-order valence-corrected chi connectivity index (χ1v) is 12.5. The Labute approximate surface area is 207 Å². The summed E-state index contributed by atoms with van der Waals surface area (Å²) in [5.41, 5.74) is 6.04. The topological polar surface area (TPSA) is 35.9 Å². The Morgan fingerprint density at radius 2 is 1.70 bits per heavy atom. The number of benzene rings is 3. The SMILES string of the molecule is Cc1cccc(N2C(=O)C(=C3Sc4ccc(Cl)cc4N3C)SC2=Nc2ccc(C)cc2C)c1.